The molecule has 3 unspecified atom stereocenters. The second kappa shape index (κ2) is 4.69. The second-order valence-corrected chi connectivity index (χ2v) is 2.97. The summed E-state index contributed by atoms with van der Waals surface area (Å²) in [5.74, 6) is 0.454. The summed E-state index contributed by atoms with van der Waals surface area (Å²) >= 11 is 0. The van der Waals surface area contributed by atoms with Crippen LogP contribution in [-0.4, -0.2) is 22.9 Å². The van der Waals surface area contributed by atoms with E-state index in [0.717, 1.165) is 6.42 Å². The summed E-state index contributed by atoms with van der Waals surface area (Å²) in [7, 11) is 0. The van der Waals surface area contributed by atoms with E-state index in [-0.39, 0.29) is 18.6 Å². The van der Waals surface area contributed by atoms with Gasteiger partial charge in [0.25, 0.3) is 0 Å². The molecule has 0 fully saturated rings. The molecular formula is C8H18O2. The van der Waals surface area contributed by atoms with Crippen molar-refractivity contribution in [2.75, 3.05) is 6.61 Å². The molecule has 0 aliphatic heterocycles. The van der Waals surface area contributed by atoms with Crippen molar-refractivity contribution in [1.29, 1.82) is 0 Å². The van der Waals surface area contributed by atoms with Crippen molar-refractivity contribution in [3.63, 3.8) is 0 Å². The van der Waals surface area contributed by atoms with E-state index in [1.807, 2.05) is 6.92 Å². The maximum Gasteiger partial charge on any atom is 0.0564 e. The molecule has 0 amide bonds. The van der Waals surface area contributed by atoms with Crippen molar-refractivity contribution in [3.05, 3.63) is 0 Å². The first-order chi connectivity index (χ1) is 4.63. The monoisotopic (exact) mass is 146 g/mol. The van der Waals surface area contributed by atoms with Gasteiger partial charge in [-0.25, -0.2) is 0 Å². The highest BCUT2D eigenvalue weighted by atomic mass is 16.3. The van der Waals surface area contributed by atoms with Crippen LogP contribution in [0.2, 0.25) is 0 Å². The third-order valence-electron chi connectivity index (χ3n) is 2.21. The molecule has 0 aliphatic rings. The Morgan fingerprint density at radius 2 is 1.80 bits per heavy atom. The maximum atomic E-state index is 9.15. The third kappa shape index (κ3) is 2.67. The van der Waals surface area contributed by atoms with Crippen molar-refractivity contribution in [2.24, 2.45) is 11.8 Å². The van der Waals surface area contributed by atoms with Crippen LogP contribution in [0.1, 0.15) is 27.2 Å². The van der Waals surface area contributed by atoms with E-state index in [9.17, 15) is 0 Å². The predicted molar refractivity (Wildman–Crippen MR) is 41.7 cm³/mol. The minimum atomic E-state index is -0.389. The summed E-state index contributed by atoms with van der Waals surface area (Å²) in [6.45, 7) is 5.93. The lowest BCUT2D eigenvalue weighted by atomic mass is 9.88. The van der Waals surface area contributed by atoms with Gasteiger partial charge in [0.15, 0.2) is 0 Å². The Bertz CT molecular complexity index is 81.3. The molecule has 0 rings (SSSR count). The molecule has 62 valence electrons. The van der Waals surface area contributed by atoms with Crippen LogP contribution in [0, 0.1) is 11.8 Å². The lowest BCUT2D eigenvalue weighted by Gasteiger charge is -2.22. The molecule has 0 radical (unpaired) electrons. The number of rotatable bonds is 4. The van der Waals surface area contributed by atoms with Crippen molar-refractivity contribution in [1.82, 2.24) is 0 Å². The Morgan fingerprint density at radius 3 is 1.90 bits per heavy atom. The second-order valence-electron chi connectivity index (χ2n) is 2.97. The van der Waals surface area contributed by atoms with Crippen molar-refractivity contribution in [2.45, 2.75) is 33.3 Å². The molecule has 2 heteroatoms. The van der Waals surface area contributed by atoms with Gasteiger partial charge in [-0.15, -0.1) is 0 Å². The highest BCUT2D eigenvalue weighted by Gasteiger charge is 2.19. The van der Waals surface area contributed by atoms with Gasteiger partial charge in [-0.2, -0.15) is 0 Å². The van der Waals surface area contributed by atoms with Crippen LogP contribution >= 0.6 is 0 Å². The van der Waals surface area contributed by atoms with Gasteiger partial charge in [-0.1, -0.05) is 20.3 Å². The smallest absolute Gasteiger partial charge is 0.0564 e. The minimum Gasteiger partial charge on any atom is -0.396 e. The fourth-order valence-electron chi connectivity index (χ4n) is 1.11. The van der Waals surface area contributed by atoms with Crippen LogP contribution in [0.25, 0.3) is 0 Å². The lowest BCUT2D eigenvalue weighted by molar-refractivity contribution is 0.0482. The summed E-state index contributed by atoms with van der Waals surface area (Å²) in [6, 6.07) is 0. The standard InChI is InChI=1S/C8H18O2/c1-4-6(2)8(5-9)7(3)10/h6-10H,4-5H2,1-3H3. The van der Waals surface area contributed by atoms with Crippen LogP contribution in [0.3, 0.4) is 0 Å². The molecule has 0 aromatic heterocycles. The molecule has 2 nitrogen and oxygen atoms in total. The summed E-state index contributed by atoms with van der Waals surface area (Å²) < 4.78 is 0. The fourth-order valence-corrected chi connectivity index (χ4v) is 1.11. The highest BCUT2D eigenvalue weighted by Crippen LogP contribution is 2.17. The zero-order valence-electron chi connectivity index (χ0n) is 7.04. The molecule has 0 aromatic carbocycles. The van der Waals surface area contributed by atoms with Crippen molar-refractivity contribution in [3.8, 4) is 0 Å². The van der Waals surface area contributed by atoms with E-state index in [1.54, 1.807) is 6.92 Å². The average molecular weight is 146 g/mol. The molecule has 0 saturated heterocycles. The molecule has 0 bridgehead atoms. The Labute approximate surface area is 62.9 Å². The largest absolute Gasteiger partial charge is 0.396 e. The predicted octanol–water partition coefficient (Wildman–Crippen LogP) is 1.02. The number of aliphatic hydroxyl groups excluding tert-OH is 2. The Kier molecular flexibility index (Phi) is 4.65. The number of aliphatic hydroxyl groups is 2. The molecule has 0 aromatic rings. The van der Waals surface area contributed by atoms with E-state index in [2.05, 4.69) is 6.92 Å². The molecule has 0 spiro atoms. The van der Waals surface area contributed by atoms with Crippen molar-refractivity contribution < 1.29 is 10.2 Å². The van der Waals surface area contributed by atoms with Crippen LogP contribution in [-0.2, 0) is 0 Å². The first-order valence-corrected chi connectivity index (χ1v) is 3.92. The molecule has 10 heavy (non-hydrogen) atoms. The molecular weight excluding hydrogens is 128 g/mol. The zero-order chi connectivity index (χ0) is 8.15. The average Bonchev–Trinajstić information content (AvgIpc) is 1.88. The van der Waals surface area contributed by atoms with Gasteiger partial charge < -0.3 is 10.2 Å². The Hall–Kier alpha value is -0.0800. The fraction of sp³-hybridized carbons (Fsp3) is 1.00. The van der Waals surface area contributed by atoms with Crippen molar-refractivity contribution >= 4 is 0 Å². The van der Waals surface area contributed by atoms with Crippen LogP contribution in [0.4, 0.5) is 0 Å². The maximum absolute atomic E-state index is 9.15. The molecule has 0 aliphatic carbocycles. The van der Waals surface area contributed by atoms with Gasteiger partial charge in [-0.05, 0) is 12.8 Å². The first-order valence-electron chi connectivity index (χ1n) is 3.92. The topological polar surface area (TPSA) is 40.5 Å². The van der Waals surface area contributed by atoms with E-state index in [0.29, 0.717) is 5.92 Å². The van der Waals surface area contributed by atoms with E-state index in [1.165, 1.54) is 0 Å². The zero-order valence-corrected chi connectivity index (χ0v) is 7.04. The van der Waals surface area contributed by atoms with Gasteiger partial charge in [-0.3, -0.25) is 0 Å². The number of hydrogen-bond donors (Lipinski definition) is 2. The summed E-state index contributed by atoms with van der Waals surface area (Å²) in [5, 5.41) is 18.0. The van der Waals surface area contributed by atoms with Crippen LogP contribution < -0.4 is 0 Å². The molecule has 3 atom stereocenters. The third-order valence-corrected chi connectivity index (χ3v) is 2.21. The van der Waals surface area contributed by atoms with Crippen LogP contribution in [0.5, 0.6) is 0 Å². The first kappa shape index (κ1) is 9.92. The van der Waals surface area contributed by atoms with Gasteiger partial charge in [0.2, 0.25) is 0 Å². The van der Waals surface area contributed by atoms with E-state index in [4.69, 9.17) is 10.2 Å². The van der Waals surface area contributed by atoms with E-state index < -0.39 is 0 Å². The Balaban J connectivity index is 3.80. The summed E-state index contributed by atoms with van der Waals surface area (Å²) in [5.41, 5.74) is 0. The normalized spacial score (nSPS) is 20.1. The van der Waals surface area contributed by atoms with E-state index >= 15 is 0 Å². The van der Waals surface area contributed by atoms with Gasteiger partial charge in [0.05, 0.1) is 6.10 Å². The summed E-state index contributed by atoms with van der Waals surface area (Å²) in [6.07, 6.45) is 0.621. The molecule has 2 N–H and O–H groups in total. The lowest BCUT2D eigenvalue weighted by Crippen LogP contribution is -2.26. The molecule has 0 saturated carbocycles. The van der Waals surface area contributed by atoms with Gasteiger partial charge in [0, 0.05) is 12.5 Å². The van der Waals surface area contributed by atoms with Crippen LogP contribution in [0.15, 0.2) is 0 Å². The summed E-state index contributed by atoms with van der Waals surface area (Å²) in [4.78, 5) is 0. The molecule has 0 heterocycles. The Morgan fingerprint density at radius 1 is 1.30 bits per heavy atom. The number of hydrogen-bond acceptors (Lipinski definition) is 2. The van der Waals surface area contributed by atoms with Gasteiger partial charge in [0.1, 0.15) is 0 Å². The SMILES string of the molecule is CCC(C)C(CO)C(C)O. The minimum absolute atomic E-state index is 0.0463. The quantitative estimate of drug-likeness (QED) is 0.621. The van der Waals surface area contributed by atoms with Gasteiger partial charge >= 0.3 is 0 Å². The highest BCUT2D eigenvalue weighted by molar-refractivity contribution is 4.68.